The lowest BCUT2D eigenvalue weighted by molar-refractivity contribution is -0.137. The fourth-order valence-corrected chi connectivity index (χ4v) is 2.43. The smallest absolute Gasteiger partial charge is 0.416 e. The van der Waals surface area contributed by atoms with Crippen LogP contribution in [-0.2, 0) is 17.5 Å². The summed E-state index contributed by atoms with van der Waals surface area (Å²) in [6.07, 6.45) is -7.73. The first-order chi connectivity index (χ1) is 9.82. The highest BCUT2D eigenvalue weighted by atomic mass is 32.2. The monoisotopic (exact) mass is 343 g/mol. The van der Waals surface area contributed by atoms with Crippen LogP contribution in [0, 0.1) is 0 Å². The summed E-state index contributed by atoms with van der Waals surface area (Å²) in [7, 11) is 0. The van der Waals surface area contributed by atoms with Gasteiger partial charge in [0.05, 0.1) is 11.6 Å². The van der Waals surface area contributed by atoms with E-state index >= 15 is 0 Å². The molecule has 1 aromatic carbocycles. The van der Waals surface area contributed by atoms with Gasteiger partial charge in [-0.3, -0.25) is 0 Å². The van der Waals surface area contributed by atoms with Gasteiger partial charge in [-0.2, -0.15) is 13.2 Å². The Hall–Kier alpha value is -0.860. The Morgan fingerprint density at radius 3 is 1.95 bits per heavy atom. The average Bonchev–Trinajstić information content (AvgIpc) is 2.35. The van der Waals surface area contributed by atoms with Crippen LogP contribution in [0.1, 0.15) is 56.9 Å². The average molecular weight is 343 g/mol. The number of rotatable bonds is 4. The summed E-state index contributed by atoms with van der Waals surface area (Å²) in [5, 5.41) is 0. The molecule has 0 fully saturated rings. The molecule has 126 valence electrons. The van der Waals surface area contributed by atoms with E-state index in [1.54, 1.807) is 20.8 Å². The zero-order valence-corrected chi connectivity index (χ0v) is 13.4. The van der Waals surface area contributed by atoms with E-state index in [9.17, 15) is 26.5 Å². The van der Waals surface area contributed by atoms with Gasteiger partial charge in [0.25, 0.3) is 6.43 Å². The largest absolute Gasteiger partial charge is 0.598 e. The van der Waals surface area contributed by atoms with E-state index in [2.05, 4.69) is 4.72 Å². The van der Waals surface area contributed by atoms with E-state index in [-0.39, 0.29) is 5.56 Å². The van der Waals surface area contributed by atoms with E-state index in [4.69, 9.17) is 0 Å². The standard InChI is InChI=1S/C14H18F5NOS/c1-8(20-22(21)13(2,3)4)9-5-10(12(15)16)7-11(6-9)14(17,18)19/h5-8,12,20H,1-4H3/t8-,22?/m1/s1. The Bertz CT molecular complexity index is 513. The van der Waals surface area contributed by atoms with Gasteiger partial charge in [0, 0.05) is 16.9 Å². The van der Waals surface area contributed by atoms with Gasteiger partial charge >= 0.3 is 6.18 Å². The third kappa shape index (κ3) is 5.10. The predicted molar refractivity (Wildman–Crippen MR) is 75.8 cm³/mol. The van der Waals surface area contributed by atoms with Crippen LogP contribution in [0.4, 0.5) is 22.0 Å². The maximum Gasteiger partial charge on any atom is 0.416 e. The van der Waals surface area contributed by atoms with Crippen LogP contribution in [0.15, 0.2) is 18.2 Å². The van der Waals surface area contributed by atoms with E-state index in [0.29, 0.717) is 6.07 Å². The summed E-state index contributed by atoms with van der Waals surface area (Å²) in [5.74, 6) is 0. The highest BCUT2D eigenvalue weighted by molar-refractivity contribution is 7.90. The molecule has 0 saturated heterocycles. The number of alkyl halides is 5. The molecule has 2 atom stereocenters. The van der Waals surface area contributed by atoms with Gasteiger partial charge in [0.2, 0.25) is 0 Å². The first kappa shape index (κ1) is 19.2. The molecular formula is C14H18F5NOS. The minimum absolute atomic E-state index is 0.0164. The normalized spacial score (nSPS) is 16.0. The summed E-state index contributed by atoms with van der Waals surface area (Å²) in [4.78, 5) is 0. The summed E-state index contributed by atoms with van der Waals surface area (Å²) in [6, 6.07) is 1.46. The molecule has 0 amide bonds. The van der Waals surface area contributed by atoms with Crippen LogP contribution in [0.5, 0.6) is 0 Å². The van der Waals surface area contributed by atoms with Crippen LogP contribution in [0.3, 0.4) is 0 Å². The van der Waals surface area contributed by atoms with Crippen molar-refractivity contribution < 1.29 is 26.5 Å². The number of nitrogens with one attached hydrogen (secondary N) is 1. The van der Waals surface area contributed by atoms with Crippen molar-refractivity contribution in [1.82, 2.24) is 4.72 Å². The minimum Gasteiger partial charge on any atom is -0.598 e. The molecule has 1 rings (SSSR count). The zero-order valence-electron chi connectivity index (χ0n) is 12.6. The fraction of sp³-hybridized carbons (Fsp3) is 0.571. The van der Waals surface area contributed by atoms with Crippen molar-refractivity contribution in [3.8, 4) is 0 Å². The van der Waals surface area contributed by atoms with Crippen LogP contribution in [0.2, 0.25) is 0 Å². The minimum atomic E-state index is -4.72. The third-order valence-corrected chi connectivity index (χ3v) is 4.58. The Labute approximate surface area is 129 Å². The molecule has 0 aliphatic heterocycles. The van der Waals surface area contributed by atoms with Crippen LogP contribution >= 0.6 is 0 Å². The first-order valence-electron chi connectivity index (χ1n) is 6.50. The van der Waals surface area contributed by atoms with Gasteiger partial charge in [0.1, 0.15) is 4.75 Å². The molecule has 0 aliphatic rings. The molecule has 0 radical (unpaired) electrons. The third-order valence-electron chi connectivity index (χ3n) is 2.90. The van der Waals surface area contributed by atoms with Gasteiger partial charge in [-0.05, 0) is 51.5 Å². The molecule has 0 bridgehead atoms. The molecule has 2 nitrogen and oxygen atoms in total. The molecule has 0 saturated carbocycles. The van der Waals surface area contributed by atoms with E-state index in [1.807, 2.05) is 0 Å². The maximum atomic E-state index is 12.8. The van der Waals surface area contributed by atoms with Crippen LogP contribution in [-0.4, -0.2) is 9.30 Å². The Balaban J connectivity index is 3.15. The summed E-state index contributed by atoms with van der Waals surface area (Å²) >= 11 is -1.53. The second kappa shape index (κ2) is 6.72. The van der Waals surface area contributed by atoms with Crippen molar-refractivity contribution >= 4 is 11.4 Å². The summed E-state index contributed by atoms with van der Waals surface area (Å²) in [6.45, 7) is 6.56. The van der Waals surface area contributed by atoms with Crippen molar-refractivity contribution in [2.45, 2.75) is 51.1 Å². The summed E-state index contributed by atoms with van der Waals surface area (Å²) < 4.78 is 78.0. The lowest BCUT2D eigenvalue weighted by Gasteiger charge is -2.27. The van der Waals surface area contributed by atoms with Crippen molar-refractivity contribution in [1.29, 1.82) is 0 Å². The maximum absolute atomic E-state index is 12.8. The quantitative estimate of drug-likeness (QED) is 0.632. The van der Waals surface area contributed by atoms with Gasteiger partial charge < -0.3 is 4.55 Å². The van der Waals surface area contributed by atoms with Crippen molar-refractivity contribution in [3.63, 3.8) is 0 Å². The highest BCUT2D eigenvalue weighted by Crippen LogP contribution is 2.34. The first-order valence-corrected chi connectivity index (χ1v) is 7.65. The second-order valence-corrected chi connectivity index (χ2v) is 7.91. The SMILES string of the molecule is C[C@@H](N[S+]([O-])C(C)(C)C)c1cc(C(F)F)cc(C(F)(F)F)c1. The van der Waals surface area contributed by atoms with Crippen molar-refractivity contribution in [2.24, 2.45) is 0 Å². The lowest BCUT2D eigenvalue weighted by atomic mass is 10.0. The second-order valence-electron chi connectivity index (χ2n) is 5.91. The molecule has 22 heavy (non-hydrogen) atoms. The van der Waals surface area contributed by atoms with Crippen molar-refractivity contribution in [2.75, 3.05) is 0 Å². The van der Waals surface area contributed by atoms with Crippen LogP contribution < -0.4 is 4.72 Å². The molecule has 8 heteroatoms. The lowest BCUT2D eigenvalue weighted by Crippen LogP contribution is -2.40. The number of hydrogen-bond donors (Lipinski definition) is 1. The van der Waals surface area contributed by atoms with Gasteiger partial charge in [-0.1, -0.05) is 0 Å². The molecule has 1 unspecified atom stereocenters. The summed E-state index contributed by atoms with van der Waals surface area (Å²) in [5.41, 5.74) is -1.83. The fourth-order valence-electron chi connectivity index (χ4n) is 1.62. The van der Waals surface area contributed by atoms with E-state index < -0.39 is 45.9 Å². The molecule has 0 aromatic heterocycles. The number of hydrogen-bond acceptors (Lipinski definition) is 2. The molecule has 0 spiro atoms. The topological polar surface area (TPSA) is 35.1 Å². The van der Waals surface area contributed by atoms with Gasteiger partial charge in [0.15, 0.2) is 0 Å². The van der Waals surface area contributed by atoms with E-state index in [0.717, 1.165) is 12.1 Å². The van der Waals surface area contributed by atoms with Crippen LogP contribution in [0.25, 0.3) is 0 Å². The zero-order chi connectivity index (χ0) is 17.3. The van der Waals surface area contributed by atoms with E-state index in [1.165, 1.54) is 6.92 Å². The Kier molecular flexibility index (Phi) is 5.86. The Morgan fingerprint density at radius 2 is 1.55 bits per heavy atom. The molecule has 0 aliphatic carbocycles. The van der Waals surface area contributed by atoms with Gasteiger partial charge in [-0.25, -0.2) is 8.78 Å². The number of benzene rings is 1. The van der Waals surface area contributed by atoms with Gasteiger partial charge in [-0.15, -0.1) is 4.72 Å². The predicted octanol–water partition coefficient (Wildman–Crippen LogP) is 4.76. The molecule has 1 aromatic rings. The Morgan fingerprint density at radius 1 is 1.05 bits per heavy atom. The molecule has 0 heterocycles. The van der Waals surface area contributed by atoms with Crippen molar-refractivity contribution in [3.05, 3.63) is 34.9 Å². The molecule has 1 N–H and O–H groups in total. The molecular weight excluding hydrogens is 325 g/mol. The number of halogens is 5. The highest BCUT2D eigenvalue weighted by Gasteiger charge is 2.33.